The van der Waals surface area contributed by atoms with Crippen molar-refractivity contribution >= 4 is 11.7 Å². The van der Waals surface area contributed by atoms with E-state index in [0.717, 1.165) is 13.1 Å². The fraction of sp³-hybridized carbons (Fsp3) is 0.632. The van der Waals surface area contributed by atoms with Gasteiger partial charge in [0.05, 0.1) is 24.3 Å². The highest BCUT2D eigenvalue weighted by Crippen LogP contribution is 2.38. The second kappa shape index (κ2) is 7.82. The number of amides is 2. The van der Waals surface area contributed by atoms with Gasteiger partial charge in [0.15, 0.2) is 5.79 Å². The van der Waals surface area contributed by atoms with Gasteiger partial charge in [0.1, 0.15) is 0 Å². The van der Waals surface area contributed by atoms with Gasteiger partial charge >= 0.3 is 18.4 Å². The predicted octanol–water partition coefficient (Wildman–Crippen LogP) is 3.78. The molecule has 4 rings (SSSR count). The zero-order valence-electron chi connectivity index (χ0n) is 16.4. The van der Waals surface area contributed by atoms with E-state index in [1.807, 2.05) is 0 Å². The summed E-state index contributed by atoms with van der Waals surface area (Å²) in [4.78, 5) is 15.9. The molecule has 0 atom stereocenters. The minimum Gasteiger partial charge on any atom is -0.347 e. The molecule has 0 bridgehead atoms. The molecule has 0 aliphatic carbocycles. The smallest absolute Gasteiger partial charge is 0.347 e. The molecule has 3 saturated heterocycles. The molecule has 1 spiro atoms. The van der Waals surface area contributed by atoms with Gasteiger partial charge in [0.25, 0.3) is 0 Å². The monoisotopic (exact) mass is 453 g/mol. The van der Waals surface area contributed by atoms with Crippen LogP contribution >= 0.6 is 0 Å². The Morgan fingerprint density at radius 3 is 1.94 bits per heavy atom. The maximum absolute atomic E-state index is 13.0. The van der Waals surface area contributed by atoms with E-state index >= 15 is 0 Å². The zero-order valence-corrected chi connectivity index (χ0v) is 16.4. The topological polar surface area (TPSA) is 54.0 Å². The first-order chi connectivity index (χ1) is 14.5. The van der Waals surface area contributed by atoms with Crippen LogP contribution < -0.4 is 5.32 Å². The summed E-state index contributed by atoms with van der Waals surface area (Å²) < 4.78 is 89.1. The lowest BCUT2D eigenvalue weighted by Gasteiger charge is -2.48. The predicted molar refractivity (Wildman–Crippen MR) is 96.3 cm³/mol. The number of benzene rings is 1. The number of carbonyl (C=O) groups excluding carboxylic acids is 1. The third kappa shape index (κ3) is 4.75. The highest BCUT2D eigenvalue weighted by atomic mass is 19.4. The van der Waals surface area contributed by atoms with E-state index in [1.165, 1.54) is 4.90 Å². The molecule has 3 heterocycles. The standard InChI is InChI=1S/C19H21F6N3O3/c20-18(21,22)12-7-13(19(23,24)25)9-14(8-12)26-16(29)28-10-15(11-28)27-3-1-17(2-4-27)30-5-6-31-17/h7-9,15H,1-6,10-11H2,(H,26,29). The summed E-state index contributed by atoms with van der Waals surface area (Å²) in [5.41, 5.74) is -3.50. The third-order valence-corrected chi connectivity index (χ3v) is 5.88. The quantitative estimate of drug-likeness (QED) is 0.693. The fourth-order valence-corrected chi connectivity index (χ4v) is 4.10. The van der Waals surface area contributed by atoms with Crippen molar-refractivity contribution in [3.63, 3.8) is 0 Å². The van der Waals surface area contributed by atoms with E-state index in [4.69, 9.17) is 9.47 Å². The Morgan fingerprint density at radius 1 is 0.935 bits per heavy atom. The Balaban J connectivity index is 1.34. The number of hydrogen-bond donors (Lipinski definition) is 1. The second-order valence-electron chi connectivity index (χ2n) is 7.93. The van der Waals surface area contributed by atoms with E-state index in [9.17, 15) is 31.1 Å². The molecular formula is C19H21F6N3O3. The molecule has 3 aliphatic heterocycles. The van der Waals surface area contributed by atoms with Crippen molar-refractivity contribution in [2.75, 3.05) is 44.7 Å². The van der Waals surface area contributed by atoms with Gasteiger partial charge in [-0.3, -0.25) is 4.90 Å². The average Bonchev–Trinajstić information content (AvgIpc) is 3.08. The van der Waals surface area contributed by atoms with Gasteiger partial charge in [0.2, 0.25) is 0 Å². The number of nitrogens with one attached hydrogen (secondary N) is 1. The molecule has 6 nitrogen and oxygen atoms in total. The van der Waals surface area contributed by atoms with Gasteiger partial charge in [-0.1, -0.05) is 0 Å². The van der Waals surface area contributed by atoms with Crippen LogP contribution in [0.25, 0.3) is 0 Å². The molecule has 31 heavy (non-hydrogen) atoms. The Hall–Kier alpha value is -2.05. The average molecular weight is 453 g/mol. The Labute approximate surface area is 174 Å². The molecule has 172 valence electrons. The molecule has 2 amide bonds. The first-order valence-electron chi connectivity index (χ1n) is 9.83. The molecule has 0 saturated carbocycles. The SMILES string of the molecule is O=C(Nc1cc(C(F)(F)F)cc(C(F)(F)F)c1)N1CC(N2CCC3(CC2)OCCO3)C1. The molecule has 1 aromatic rings. The summed E-state index contributed by atoms with van der Waals surface area (Å²) in [6.07, 6.45) is -8.53. The van der Waals surface area contributed by atoms with E-state index in [-0.39, 0.29) is 12.1 Å². The third-order valence-electron chi connectivity index (χ3n) is 5.88. The maximum Gasteiger partial charge on any atom is 0.416 e. The van der Waals surface area contributed by atoms with Crippen LogP contribution in [0.1, 0.15) is 24.0 Å². The molecule has 1 N–H and O–H groups in total. The van der Waals surface area contributed by atoms with Crippen molar-refractivity contribution in [2.45, 2.75) is 37.0 Å². The number of nitrogens with zero attached hydrogens (tertiary/aromatic N) is 2. The largest absolute Gasteiger partial charge is 0.416 e. The number of carbonyl (C=O) groups is 1. The summed E-state index contributed by atoms with van der Waals surface area (Å²) in [6.45, 7) is 3.27. The normalized spacial score (nSPS) is 22.6. The van der Waals surface area contributed by atoms with Crippen molar-refractivity contribution in [3.8, 4) is 0 Å². The lowest BCUT2D eigenvalue weighted by molar-refractivity contribution is -0.190. The van der Waals surface area contributed by atoms with Gasteiger partial charge in [-0.15, -0.1) is 0 Å². The number of alkyl halides is 6. The number of likely N-dealkylation sites (tertiary alicyclic amines) is 2. The van der Waals surface area contributed by atoms with Crippen LogP contribution in [0.15, 0.2) is 18.2 Å². The van der Waals surface area contributed by atoms with Crippen LogP contribution in [-0.2, 0) is 21.8 Å². The minimum atomic E-state index is -4.97. The molecule has 12 heteroatoms. The lowest BCUT2D eigenvalue weighted by Crippen LogP contribution is -2.64. The van der Waals surface area contributed by atoms with Crippen LogP contribution in [0.2, 0.25) is 0 Å². The van der Waals surface area contributed by atoms with Crippen molar-refractivity contribution in [3.05, 3.63) is 29.3 Å². The first-order valence-corrected chi connectivity index (χ1v) is 9.83. The van der Waals surface area contributed by atoms with E-state index in [0.29, 0.717) is 51.3 Å². The molecule has 0 aromatic heterocycles. The van der Waals surface area contributed by atoms with Crippen LogP contribution in [0.4, 0.5) is 36.8 Å². The fourth-order valence-electron chi connectivity index (χ4n) is 4.10. The first kappa shape index (κ1) is 22.2. The van der Waals surface area contributed by atoms with Crippen LogP contribution in [0, 0.1) is 0 Å². The Morgan fingerprint density at radius 2 is 1.45 bits per heavy atom. The molecule has 3 fully saturated rings. The van der Waals surface area contributed by atoms with Gasteiger partial charge in [-0.05, 0) is 18.2 Å². The second-order valence-corrected chi connectivity index (χ2v) is 7.93. The number of piperidine rings is 1. The van der Waals surface area contributed by atoms with Crippen molar-refractivity contribution in [2.24, 2.45) is 0 Å². The highest BCUT2D eigenvalue weighted by Gasteiger charge is 2.44. The lowest BCUT2D eigenvalue weighted by atomic mass is 9.99. The van der Waals surface area contributed by atoms with Gasteiger partial charge in [0, 0.05) is 50.7 Å². The van der Waals surface area contributed by atoms with Crippen molar-refractivity contribution in [1.82, 2.24) is 9.80 Å². The van der Waals surface area contributed by atoms with Gasteiger partial charge < -0.3 is 19.7 Å². The molecule has 0 radical (unpaired) electrons. The summed E-state index contributed by atoms with van der Waals surface area (Å²) in [5, 5.41) is 2.16. The minimum absolute atomic E-state index is 0.0240. The molecular weight excluding hydrogens is 432 g/mol. The van der Waals surface area contributed by atoms with Crippen LogP contribution in [0.5, 0.6) is 0 Å². The van der Waals surface area contributed by atoms with Crippen LogP contribution in [0.3, 0.4) is 0 Å². The summed E-state index contributed by atoms with van der Waals surface area (Å²) >= 11 is 0. The van der Waals surface area contributed by atoms with E-state index in [2.05, 4.69) is 10.2 Å². The van der Waals surface area contributed by atoms with Crippen molar-refractivity contribution < 1.29 is 40.6 Å². The number of hydrogen-bond acceptors (Lipinski definition) is 4. The van der Waals surface area contributed by atoms with Crippen LogP contribution in [-0.4, -0.2) is 67.1 Å². The van der Waals surface area contributed by atoms with Gasteiger partial charge in [-0.25, -0.2) is 4.79 Å². The maximum atomic E-state index is 13.0. The highest BCUT2D eigenvalue weighted by molar-refractivity contribution is 5.90. The van der Waals surface area contributed by atoms with Crippen molar-refractivity contribution in [1.29, 1.82) is 0 Å². The van der Waals surface area contributed by atoms with E-state index in [1.54, 1.807) is 0 Å². The number of urea groups is 1. The molecule has 0 unspecified atom stereocenters. The number of rotatable bonds is 2. The molecule has 3 aliphatic rings. The Bertz CT molecular complexity index is 790. The molecule has 1 aromatic carbocycles. The summed E-state index contributed by atoms with van der Waals surface area (Å²) in [7, 11) is 0. The van der Waals surface area contributed by atoms with E-state index < -0.39 is 41.0 Å². The summed E-state index contributed by atoms with van der Waals surface area (Å²) in [5.74, 6) is -0.517. The zero-order chi connectivity index (χ0) is 22.4. The number of halogens is 6. The van der Waals surface area contributed by atoms with Gasteiger partial charge in [-0.2, -0.15) is 26.3 Å². The Kier molecular flexibility index (Phi) is 5.59. The summed E-state index contributed by atoms with van der Waals surface area (Å²) in [6, 6.07) is 0.360. The number of anilines is 1. The number of ether oxygens (including phenoxy) is 2.